The van der Waals surface area contributed by atoms with E-state index < -0.39 is 6.10 Å². The molecule has 3 unspecified atom stereocenters. The van der Waals surface area contributed by atoms with Crippen molar-refractivity contribution in [2.24, 2.45) is 0 Å². The minimum Gasteiger partial charge on any atom is -0.492 e. The van der Waals surface area contributed by atoms with Gasteiger partial charge in [-0.25, -0.2) is 0 Å². The highest BCUT2D eigenvalue weighted by molar-refractivity contribution is 6.31. The lowest BCUT2D eigenvalue weighted by atomic mass is 9.92. The first-order valence-electron chi connectivity index (χ1n) is 11.4. The number of allylic oxidation sites excluding steroid dienone is 4. The summed E-state index contributed by atoms with van der Waals surface area (Å²) in [6.07, 6.45) is 10.5. The zero-order chi connectivity index (χ0) is 21.8. The summed E-state index contributed by atoms with van der Waals surface area (Å²) < 4.78 is 17.7. The van der Waals surface area contributed by atoms with Crippen molar-refractivity contribution in [3.63, 3.8) is 0 Å². The number of benzene rings is 1. The lowest BCUT2D eigenvalue weighted by Crippen LogP contribution is -2.33. The fourth-order valence-corrected chi connectivity index (χ4v) is 5.08. The second-order valence-electron chi connectivity index (χ2n) is 8.90. The van der Waals surface area contributed by atoms with Gasteiger partial charge in [-0.15, -0.1) is 0 Å². The average Bonchev–Trinajstić information content (AvgIpc) is 3.23. The Morgan fingerprint density at radius 1 is 1.13 bits per heavy atom. The number of hydrogen-bond donors (Lipinski definition) is 2. The predicted octanol–water partition coefficient (Wildman–Crippen LogP) is 4.64. The van der Waals surface area contributed by atoms with Gasteiger partial charge in [-0.3, -0.25) is 0 Å². The van der Waals surface area contributed by atoms with Crippen LogP contribution in [0.4, 0.5) is 0 Å². The lowest BCUT2D eigenvalue weighted by Gasteiger charge is -2.32. The molecule has 5 nitrogen and oxygen atoms in total. The molecule has 170 valence electrons. The van der Waals surface area contributed by atoms with Gasteiger partial charge in [0.15, 0.2) is 0 Å². The molecule has 1 aromatic carbocycles. The van der Waals surface area contributed by atoms with E-state index in [9.17, 15) is 10.2 Å². The maximum absolute atomic E-state index is 10.1. The van der Waals surface area contributed by atoms with Crippen LogP contribution in [0.25, 0.3) is 0 Å². The normalized spacial score (nSPS) is 31.3. The van der Waals surface area contributed by atoms with Gasteiger partial charge in [0.2, 0.25) is 0 Å². The highest BCUT2D eigenvalue weighted by Gasteiger charge is 2.30. The smallest absolute Gasteiger partial charge is 0.124 e. The van der Waals surface area contributed by atoms with Gasteiger partial charge >= 0.3 is 0 Å². The van der Waals surface area contributed by atoms with Crippen LogP contribution in [0, 0.1) is 0 Å². The molecule has 1 heterocycles. The van der Waals surface area contributed by atoms with Crippen molar-refractivity contribution in [1.29, 1.82) is 0 Å². The summed E-state index contributed by atoms with van der Waals surface area (Å²) >= 11 is 6.50. The number of methoxy groups -OCH3 is 1. The molecule has 1 aromatic rings. The first-order chi connectivity index (χ1) is 15.1. The molecule has 6 heteroatoms. The van der Waals surface area contributed by atoms with Crippen molar-refractivity contribution in [2.45, 2.75) is 81.9 Å². The molecule has 31 heavy (non-hydrogen) atoms. The van der Waals surface area contributed by atoms with Crippen molar-refractivity contribution in [2.75, 3.05) is 13.7 Å². The third-order valence-electron chi connectivity index (χ3n) is 6.64. The second kappa shape index (κ2) is 10.5. The van der Waals surface area contributed by atoms with Gasteiger partial charge in [0.25, 0.3) is 0 Å². The van der Waals surface area contributed by atoms with Crippen LogP contribution >= 0.6 is 11.6 Å². The molecule has 5 atom stereocenters. The Labute approximate surface area is 189 Å². The van der Waals surface area contributed by atoms with E-state index in [1.54, 1.807) is 7.11 Å². The van der Waals surface area contributed by atoms with Crippen LogP contribution in [0.1, 0.15) is 62.2 Å². The van der Waals surface area contributed by atoms with Crippen molar-refractivity contribution < 1.29 is 24.4 Å². The number of rotatable bonds is 7. The topological polar surface area (TPSA) is 68.2 Å². The number of aliphatic hydroxyl groups is 2. The van der Waals surface area contributed by atoms with E-state index in [2.05, 4.69) is 18.2 Å². The van der Waals surface area contributed by atoms with Crippen LogP contribution in [0.3, 0.4) is 0 Å². The molecule has 1 saturated heterocycles. The average molecular weight is 449 g/mol. The molecule has 0 aromatic heterocycles. The summed E-state index contributed by atoms with van der Waals surface area (Å²) in [6.45, 7) is -0.0797. The highest BCUT2D eigenvalue weighted by atomic mass is 35.5. The third kappa shape index (κ3) is 5.71. The van der Waals surface area contributed by atoms with E-state index in [-0.39, 0.29) is 31.0 Å². The number of ether oxygens (including phenoxy) is 3. The first-order valence-corrected chi connectivity index (χ1v) is 11.7. The van der Waals surface area contributed by atoms with Crippen molar-refractivity contribution in [1.82, 2.24) is 0 Å². The fourth-order valence-electron chi connectivity index (χ4n) is 4.90. The van der Waals surface area contributed by atoms with Crippen LogP contribution in [0.5, 0.6) is 0 Å². The zero-order valence-corrected chi connectivity index (χ0v) is 18.9. The Kier molecular flexibility index (Phi) is 7.72. The summed E-state index contributed by atoms with van der Waals surface area (Å²) in [6, 6.07) is 5.94. The van der Waals surface area contributed by atoms with Gasteiger partial charge in [-0.05, 0) is 55.4 Å². The molecule has 1 saturated carbocycles. The SMILES string of the molecule is COC1CCCC1OC1=CC=C(Cc2cc([C@H]3CC(O)C[C@@H](CO)O3)ccc2Cl)CC1. The Hall–Kier alpha value is -1.37. The fraction of sp³-hybridized carbons (Fsp3) is 0.600. The van der Waals surface area contributed by atoms with Gasteiger partial charge in [0, 0.05) is 31.4 Å². The molecule has 0 spiro atoms. The second-order valence-corrected chi connectivity index (χ2v) is 9.31. The molecule has 0 radical (unpaired) electrons. The summed E-state index contributed by atoms with van der Waals surface area (Å²) in [5, 5.41) is 20.3. The van der Waals surface area contributed by atoms with E-state index in [0.29, 0.717) is 12.8 Å². The van der Waals surface area contributed by atoms with Crippen molar-refractivity contribution >= 4 is 11.6 Å². The van der Waals surface area contributed by atoms with Crippen LogP contribution in [0.15, 0.2) is 41.7 Å². The summed E-state index contributed by atoms with van der Waals surface area (Å²) in [4.78, 5) is 0. The number of aliphatic hydroxyl groups excluding tert-OH is 2. The molecule has 3 aliphatic rings. The lowest BCUT2D eigenvalue weighted by molar-refractivity contribution is -0.113. The molecular formula is C25H33ClO5. The van der Waals surface area contributed by atoms with E-state index in [4.69, 9.17) is 25.8 Å². The van der Waals surface area contributed by atoms with E-state index in [1.165, 1.54) is 5.57 Å². The molecule has 2 aliphatic carbocycles. The molecular weight excluding hydrogens is 416 g/mol. The Morgan fingerprint density at radius 2 is 1.97 bits per heavy atom. The molecule has 0 amide bonds. The largest absolute Gasteiger partial charge is 0.492 e. The Bertz CT molecular complexity index is 820. The summed E-state index contributed by atoms with van der Waals surface area (Å²) in [7, 11) is 1.76. The molecule has 2 fully saturated rings. The van der Waals surface area contributed by atoms with E-state index >= 15 is 0 Å². The highest BCUT2D eigenvalue weighted by Crippen LogP contribution is 2.35. The van der Waals surface area contributed by atoms with Crippen molar-refractivity contribution in [3.05, 3.63) is 57.8 Å². The molecule has 2 N–H and O–H groups in total. The first kappa shape index (κ1) is 22.8. The Morgan fingerprint density at radius 3 is 2.71 bits per heavy atom. The van der Waals surface area contributed by atoms with E-state index in [1.807, 2.05) is 12.1 Å². The van der Waals surface area contributed by atoms with E-state index in [0.717, 1.165) is 60.4 Å². The minimum absolute atomic E-state index is 0.0797. The van der Waals surface area contributed by atoms with Crippen LogP contribution in [0.2, 0.25) is 5.02 Å². The molecule has 1 aliphatic heterocycles. The third-order valence-corrected chi connectivity index (χ3v) is 7.00. The number of halogens is 1. The minimum atomic E-state index is -0.461. The van der Waals surface area contributed by atoms with Crippen LogP contribution in [-0.4, -0.2) is 48.3 Å². The molecule has 0 bridgehead atoms. The quantitative estimate of drug-likeness (QED) is 0.635. The van der Waals surface area contributed by atoms with Gasteiger partial charge < -0.3 is 24.4 Å². The maximum atomic E-state index is 10.1. The molecule has 4 rings (SSSR count). The van der Waals surface area contributed by atoms with Gasteiger partial charge in [0.05, 0.1) is 36.8 Å². The zero-order valence-electron chi connectivity index (χ0n) is 18.1. The predicted molar refractivity (Wildman–Crippen MR) is 120 cm³/mol. The van der Waals surface area contributed by atoms with Crippen LogP contribution in [-0.2, 0) is 20.6 Å². The summed E-state index contributed by atoms with van der Waals surface area (Å²) in [5.74, 6) is 1.04. The van der Waals surface area contributed by atoms with Gasteiger partial charge in [-0.2, -0.15) is 0 Å². The van der Waals surface area contributed by atoms with Crippen molar-refractivity contribution in [3.8, 4) is 0 Å². The maximum Gasteiger partial charge on any atom is 0.124 e. The monoisotopic (exact) mass is 448 g/mol. The Balaban J connectivity index is 1.42. The van der Waals surface area contributed by atoms with Gasteiger partial charge in [-0.1, -0.05) is 35.4 Å². The van der Waals surface area contributed by atoms with Gasteiger partial charge in [0.1, 0.15) is 6.10 Å². The number of hydrogen-bond acceptors (Lipinski definition) is 5. The van der Waals surface area contributed by atoms with Crippen LogP contribution < -0.4 is 0 Å². The standard InChI is InChI=1S/C25H33ClO5/c1-29-23-3-2-4-24(23)30-20-8-5-16(6-9-20)11-18-12-17(7-10-22(18)26)25-14-19(28)13-21(15-27)31-25/h5,7-8,10,12,19,21,23-25,27-28H,2-4,6,9,11,13-15H2,1H3/t19?,21-,23?,24?,25+/m0/s1. The summed E-state index contributed by atoms with van der Waals surface area (Å²) in [5.41, 5.74) is 3.38.